The largest absolute Gasteiger partial charge is 0.455 e. The Labute approximate surface area is 167 Å². The standard InChI is InChI=1S/C19H19N3O6S/c23-17(21-22-19(25)16-9-5-2-6-10-16)14-28-18(24)13-20-29(26,27)12-11-15-7-3-1-4-8-15/h1-12,20H,13-14H2,(H,21,23)(H,22,25)/b12-11+. The van der Waals surface area contributed by atoms with Crippen LogP contribution in [0.15, 0.2) is 66.1 Å². The first-order valence-corrected chi connectivity index (χ1v) is 9.93. The van der Waals surface area contributed by atoms with E-state index in [9.17, 15) is 22.8 Å². The first-order valence-electron chi connectivity index (χ1n) is 8.38. The van der Waals surface area contributed by atoms with Gasteiger partial charge in [0.2, 0.25) is 10.0 Å². The molecule has 0 fully saturated rings. The average Bonchev–Trinajstić information content (AvgIpc) is 2.74. The van der Waals surface area contributed by atoms with Crippen molar-refractivity contribution in [3.63, 3.8) is 0 Å². The van der Waals surface area contributed by atoms with Crippen molar-refractivity contribution in [1.82, 2.24) is 15.6 Å². The number of carbonyl (C=O) groups excluding carboxylic acids is 3. The number of nitrogens with one attached hydrogen (secondary N) is 3. The highest BCUT2D eigenvalue weighted by atomic mass is 32.2. The zero-order valence-electron chi connectivity index (χ0n) is 15.2. The second-order valence-corrected chi connectivity index (χ2v) is 7.26. The van der Waals surface area contributed by atoms with E-state index in [4.69, 9.17) is 0 Å². The van der Waals surface area contributed by atoms with Crippen molar-refractivity contribution < 1.29 is 27.5 Å². The van der Waals surface area contributed by atoms with Gasteiger partial charge < -0.3 is 4.74 Å². The van der Waals surface area contributed by atoms with E-state index in [1.54, 1.807) is 60.7 Å². The van der Waals surface area contributed by atoms with Crippen LogP contribution in [0.5, 0.6) is 0 Å². The molecule has 0 bridgehead atoms. The van der Waals surface area contributed by atoms with Crippen LogP contribution in [0.25, 0.3) is 6.08 Å². The van der Waals surface area contributed by atoms with Gasteiger partial charge >= 0.3 is 5.97 Å². The number of ether oxygens (including phenoxy) is 1. The molecule has 0 aliphatic heterocycles. The molecular formula is C19H19N3O6S. The fourth-order valence-corrected chi connectivity index (χ4v) is 2.71. The average molecular weight is 417 g/mol. The van der Waals surface area contributed by atoms with E-state index in [0.29, 0.717) is 11.1 Å². The second kappa shape index (κ2) is 10.7. The summed E-state index contributed by atoms with van der Waals surface area (Å²) >= 11 is 0. The van der Waals surface area contributed by atoms with Crippen LogP contribution in [0.4, 0.5) is 0 Å². The molecule has 0 radical (unpaired) electrons. The topological polar surface area (TPSA) is 131 Å². The molecule has 0 aromatic heterocycles. The molecule has 152 valence electrons. The van der Waals surface area contributed by atoms with Gasteiger partial charge in [-0.25, -0.2) is 13.1 Å². The summed E-state index contributed by atoms with van der Waals surface area (Å²) in [6.45, 7) is -1.33. The van der Waals surface area contributed by atoms with Gasteiger partial charge in [-0.15, -0.1) is 0 Å². The number of hydrogen-bond donors (Lipinski definition) is 3. The predicted octanol–water partition coefficient (Wildman–Crippen LogP) is 0.581. The van der Waals surface area contributed by atoms with E-state index in [0.717, 1.165) is 5.41 Å². The lowest BCUT2D eigenvalue weighted by Gasteiger charge is -2.08. The minimum atomic E-state index is -3.85. The first kappa shape index (κ1) is 21.8. The van der Waals surface area contributed by atoms with Gasteiger partial charge in [-0.3, -0.25) is 25.2 Å². The second-order valence-electron chi connectivity index (χ2n) is 5.61. The molecule has 0 saturated heterocycles. The molecular weight excluding hydrogens is 398 g/mol. The van der Waals surface area contributed by atoms with Crippen LogP contribution >= 0.6 is 0 Å². The van der Waals surface area contributed by atoms with Crippen LogP contribution in [0.1, 0.15) is 15.9 Å². The lowest BCUT2D eigenvalue weighted by atomic mass is 10.2. The molecule has 29 heavy (non-hydrogen) atoms. The Hall–Kier alpha value is -3.50. The summed E-state index contributed by atoms with van der Waals surface area (Å²) in [6.07, 6.45) is 1.37. The van der Waals surface area contributed by atoms with Crippen LogP contribution in [0, 0.1) is 0 Å². The van der Waals surface area contributed by atoms with Crippen molar-refractivity contribution >= 4 is 33.9 Å². The summed E-state index contributed by atoms with van der Waals surface area (Å²) in [7, 11) is -3.85. The van der Waals surface area contributed by atoms with Gasteiger partial charge in [0.1, 0.15) is 6.54 Å². The Morgan fingerprint density at radius 2 is 1.52 bits per heavy atom. The minimum Gasteiger partial charge on any atom is -0.455 e. The molecule has 0 aliphatic rings. The number of benzene rings is 2. The zero-order valence-corrected chi connectivity index (χ0v) is 16.0. The highest BCUT2D eigenvalue weighted by Crippen LogP contribution is 2.02. The van der Waals surface area contributed by atoms with E-state index >= 15 is 0 Å². The van der Waals surface area contributed by atoms with Crippen molar-refractivity contribution in [3.05, 3.63) is 77.2 Å². The van der Waals surface area contributed by atoms with E-state index in [1.165, 1.54) is 6.08 Å². The minimum absolute atomic E-state index is 0.336. The number of hydrazine groups is 1. The Bertz CT molecular complexity index is 976. The van der Waals surface area contributed by atoms with Crippen molar-refractivity contribution in [2.45, 2.75) is 0 Å². The molecule has 0 atom stereocenters. The maximum absolute atomic E-state index is 11.8. The van der Waals surface area contributed by atoms with Gasteiger partial charge in [0.15, 0.2) is 6.61 Å². The van der Waals surface area contributed by atoms with Crippen LogP contribution in [-0.4, -0.2) is 39.4 Å². The summed E-state index contributed by atoms with van der Waals surface area (Å²) in [5.74, 6) is -2.27. The molecule has 2 amide bonds. The zero-order chi connectivity index (χ0) is 21.1. The molecule has 3 N–H and O–H groups in total. The SMILES string of the molecule is O=C(COC(=O)CNS(=O)(=O)/C=C/c1ccccc1)NNC(=O)c1ccccc1. The normalized spacial score (nSPS) is 11.0. The molecule has 2 rings (SSSR count). The van der Waals surface area contributed by atoms with Gasteiger partial charge in [-0.2, -0.15) is 0 Å². The van der Waals surface area contributed by atoms with E-state index in [1.807, 2.05) is 4.72 Å². The maximum Gasteiger partial charge on any atom is 0.321 e. The predicted molar refractivity (Wildman–Crippen MR) is 105 cm³/mol. The first-order chi connectivity index (χ1) is 13.9. The van der Waals surface area contributed by atoms with Gasteiger partial charge in [0, 0.05) is 11.0 Å². The number of rotatable bonds is 8. The van der Waals surface area contributed by atoms with Crippen LogP contribution in [-0.2, 0) is 24.3 Å². The number of amides is 2. The molecule has 0 aliphatic carbocycles. The quantitative estimate of drug-likeness (QED) is 0.425. The molecule has 0 spiro atoms. The highest BCUT2D eigenvalue weighted by molar-refractivity contribution is 7.92. The fourth-order valence-electron chi connectivity index (χ4n) is 1.96. The van der Waals surface area contributed by atoms with Crippen LogP contribution in [0.2, 0.25) is 0 Å². The van der Waals surface area contributed by atoms with E-state index in [-0.39, 0.29) is 0 Å². The summed E-state index contributed by atoms with van der Waals surface area (Å²) in [6, 6.07) is 16.9. The van der Waals surface area contributed by atoms with Gasteiger partial charge in [-0.1, -0.05) is 48.5 Å². The number of hydrogen-bond acceptors (Lipinski definition) is 6. The van der Waals surface area contributed by atoms with Crippen LogP contribution in [0.3, 0.4) is 0 Å². The van der Waals surface area contributed by atoms with E-state index in [2.05, 4.69) is 15.6 Å². The Balaban J connectivity index is 1.69. The molecule has 2 aromatic rings. The third kappa shape index (κ3) is 8.37. The smallest absolute Gasteiger partial charge is 0.321 e. The summed E-state index contributed by atoms with van der Waals surface area (Å²) in [4.78, 5) is 34.9. The number of esters is 1. The molecule has 0 heterocycles. The Morgan fingerprint density at radius 3 is 2.17 bits per heavy atom. The fraction of sp³-hybridized carbons (Fsp3) is 0.105. The Morgan fingerprint density at radius 1 is 0.897 bits per heavy atom. The third-order valence-electron chi connectivity index (χ3n) is 3.37. The molecule has 9 nitrogen and oxygen atoms in total. The van der Waals surface area contributed by atoms with Crippen molar-refractivity contribution in [2.24, 2.45) is 0 Å². The highest BCUT2D eigenvalue weighted by Gasteiger charge is 2.12. The van der Waals surface area contributed by atoms with Crippen molar-refractivity contribution in [2.75, 3.05) is 13.2 Å². The lowest BCUT2D eigenvalue weighted by Crippen LogP contribution is -2.44. The third-order valence-corrected chi connectivity index (χ3v) is 4.41. The lowest BCUT2D eigenvalue weighted by molar-refractivity contribution is -0.147. The summed E-state index contributed by atoms with van der Waals surface area (Å²) in [5, 5.41) is 0.918. The molecule has 10 heteroatoms. The van der Waals surface area contributed by atoms with E-state index < -0.39 is 41.0 Å². The summed E-state index contributed by atoms with van der Waals surface area (Å²) < 4.78 is 30.3. The molecule has 2 aromatic carbocycles. The van der Waals surface area contributed by atoms with Crippen LogP contribution < -0.4 is 15.6 Å². The Kier molecular flexibility index (Phi) is 8.07. The summed E-state index contributed by atoms with van der Waals surface area (Å²) in [5.41, 5.74) is 5.25. The van der Waals surface area contributed by atoms with Gasteiger partial charge in [0.25, 0.3) is 11.8 Å². The van der Waals surface area contributed by atoms with Crippen molar-refractivity contribution in [3.8, 4) is 0 Å². The van der Waals surface area contributed by atoms with Crippen molar-refractivity contribution in [1.29, 1.82) is 0 Å². The maximum atomic E-state index is 11.8. The number of sulfonamides is 1. The van der Waals surface area contributed by atoms with Gasteiger partial charge in [-0.05, 0) is 23.8 Å². The molecule has 0 unspecified atom stereocenters. The monoisotopic (exact) mass is 417 g/mol. The van der Waals surface area contributed by atoms with Gasteiger partial charge in [0.05, 0.1) is 0 Å². The number of carbonyl (C=O) groups is 3. The molecule has 0 saturated carbocycles.